The SMILES string of the molecule is Cc1ccc(C(N)Cc2cccc(Br)c2)cc1Br. The van der Waals surface area contributed by atoms with Crippen LogP contribution in [0.25, 0.3) is 0 Å². The van der Waals surface area contributed by atoms with E-state index >= 15 is 0 Å². The first-order valence-corrected chi connectivity index (χ1v) is 7.41. The van der Waals surface area contributed by atoms with Gasteiger partial charge in [-0.25, -0.2) is 0 Å². The Bertz CT molecular complexity index is 552. The molecule has 0 bridgehead atoms. The molecule has 3 heteroatoms. The van der Waals surface area contributed by atoms with Crippen molar-refractivity contribution in [2.75, 3.05) is 0 Å². The number of halogens is 2. The van der Waals surface area contributed by atoms with Crippen LogP contribution in [0.3, 0.4) is 0 Å². The maximum absolute atomic E-state index is 6.26. The van der Waals surface area contributed by atoms with Gasteiger partial charge in [-0.2, -0.15) is 0 Å². The van der Waals surface area contributed by atoms with Crippen molar-refractivity contribution in [1.29, 1.82) is 0 Å². The summed E-state index contributed by atoms with van der Waals surface area (Å²) >= 11 is 7.03. The first kappa shape index (κ1) is 13.8. The fourth-order valence-electron chi connectivity index (χ4n) is 1.88. The lowest BCUT2D eigenvalue weighted by Gasteiger charge is -2.13. The maximum atomic E-state index is 6.26. The highest BCUT2D eigenvalue weighted by molar-refractivity contribution is 9.10. The fraction of sp³-hybridized carbons (Fsp3) is 0.200. The van der Waals surface area contributed by atoms with E-state index in [0.717, 1.165) is 20.9 Å². The van der Waals surface area contributed by atoms with Gasteiger partial charge in [-0.15, -0.1) is 0 Å². The van der Waals surface area contributed by atoms with Crippen molar-refractivity contribution < 1.29 is 0 Å². The van der Waals surface area contributed by atoms with Crippen molar-refractivity contribution in [2.24, 2.45) is 5.73 Å². The molecule has 0 heterocycles. The van der Waals surface area contributed by atoms with E-state index < -0.39 is 0 Å². The average Bonchev–Trinajstić information content (AvgIpc) is 2.32. The molecule has 1 nitrogen and oxygen atoms in total. The predicted octanol–water partition coefficient (Wildman–Crippen LogP) is 4.76. The molecule has 0 saturated carbocycles. The molecule has 2 rings (SSSR count). The quantitative estimate of drug-likeness (QED) is 0.830. The Labute approximate surface area is 125 Å². The van der Waals surface area contributed by atoms with Crippen molar-refractivity contribution in [3.63, 3.8) is 0 Å². The molecule has 2 aromatic rings. The van der Waals surface area contributed by atoms with Gasteiger partial charge in [0.2, 0.25) is 0 Å². The molecular formula is C15H15Br2N. The third kappa shape index (κ3) is 3.44. The van der Waals surface area contributed by atoms with E-state index in [1.54, 1.807) is 0 Å². The monoisotopic (exact) mass is 367 g/mol. The normalized spacial score (nSPS) is 12.4. The summed E-state index contributed by atoms with van der Waals surface area (Å²) in [5.41, 5.74) is 9.89. The zero-order valence-electron chi connectivity index (χ0n) is 10.2. The molecular weight excluding hydrogens is 354 g/mol. The van der Waals surface area contributed by atoms with Crippen molar-refractivity contribution in [3.8, 4) is 0 Å². The number of aryl methyl sites for hydroxylation is 1. The van der Waals surface area contributed by atoms with Crippen LogP contribution in [0, 0.1) is 6.92 Å². The summed E-state index contributed by atoms with van der Waals surface area (Å²) in [6.45, 7) is 2.08. The summed E-state index contributed by atoms with van der Waals surface area (Å²) in [4.78, 5) is 0. The lowest BCUT2D eigenvalue weighted by atomic mass is 9.99. The minimum atomic E-state index is 0.0243. The van der Waals surface area contributed by atoms with E-state index in [-0.39, 0.29) is 6.04 Å². The molecule has 0 amide bonds. The van der Waals surface area contributed by atoms with Gasteiger partial charge in [0.15, 0.2) is 0 Å². The Balaban J connectivity index is 2.16. The van der Waals surface area contributed by atoms with Crippen LogP contribution < -0.4 is 5.73 Å². The standard InChI is InChI=1S/C15H15Br2N/c1-10-5-6-12(9-14(10)17)15(18)8-11-3-2-4-13(16)7-11/h2-7,9,15H,8,18H2,1H3. The van der Waals surface area contributed by atoms with Gasteiger partial charge in [0.1, 0.15) is 0 Å². The molecule has 0 aromatic heterocycles. The Morgan fingerprint density at radius 1 is 1.11 bits per heavy atom. The molecule has 0 aliphatic carbocycles. The highest BCUT2D eigenvalue weighted by atomic mass is 79.9. The van der Waals surface area contributed by atoms with Crippen molar-refractivity contribution in [3.05, 3.63) is 68.1 Å². The lowest BCUT2D eigenvalue weighted by Crippen LogP contribution is -2.13. The summed E-state index contributed by atoms with van der Waals surface area (Å²) in [6, 6.07) is 14.6. The van der Waals surface area contributed by atoms with Crippen LogP contribution >= 0.6 is 31.9 Å². The van der Waals surface area contributed by atoms with Crippen LogP contribution in [0.5, 0.6) is 0 Å². The Morgan fingerprint density at radius 3 is 2.56 bits per heavy atom. The molecule has 1 unspecified atom stereocenters. The minimum Gasteiger partial charge on any atom is -0.324 e. The van der Waals surface area contributed by atoms with Gasteiger partial charge in [-0.3, -0.25) is 0 Å². The third-order valence-electron chi connectivity index (χ3n) is 2.97. The first-order valence-electron chi connectivity index (χ1n) is 5.82. The van der Waals surface area contributed by atoms with E-state index in [4.69, 9.17) is 5.73 Å². The smallest absolute Gasteiger partial charge is 0.0336 e. The molecule has 2 N–H and O–H groups in total. The highest BCUT2D eigenvalue weighted by Crippen LogP contribution is 2.23. The predicted molar refractivity (Wildman–Crippen MR) is 83.7 cm³/mol. The Kier molecular flexibility index (Phi) is 4.60. The van der Waals surface area contributed by atoms with Gasteiger partial charge >= 0.3 is 0 Å². The van der Waals surface area contributed by atoms with Gasteiger partial charge in [-0.1, -0.05) is 56.1 Å². The number of rotatable bonds is 3. The molecule has 0 aliphatic rings. The van der Waals surface area contributed by atoms with E-state index in [1.165, 1.54) is 11.1 Å². The second-order valence-corrected chi connectivity index (χ2v) is 6.22. The molecule has 94 valence electrons. The molecule has 1 atom stereocenters. The number of hydrogen-bond acceptors (Lipinski definition) is 1. The van der Waals surface area contributed by atoms with E-state index in [0.29, 0.717) is 0 Å². The molecule has 0 aliphatic heterocycles. The number of benzene rings is 2. The second-order valence-electron chi connectivity index (χ2n) is 4.45. The summed E-state index contributed by atoms with van der Waals surface area (Å²) in [7, 11) is 0. The lowest BCUT2D eigenvalue weighted by molar-refractivity contribution is 0.721. The largest absolute Gasteiger partial charge is 0.324 e. The highest BCUT2D eigenvalue weighted by Gasteiger charge is 2.08. The second kappa shape index (κ2) is 6.00. The van der Waals surface area contributed by atoms with Crippen molar-refractivity contribution in [2.45, 2.75) is 19.4 Å². The van der Waals surface area contributed by atoms with Crippen LogP contribution in [-0.2, 0) is 6.42 Å². The van der Waals surface area contributed by atoms with Gasteiger partial charge in [0, 0.05) is 15.0 Å². The molecule has 2 aromatic carbocycles. The summed E-state index contributed by atoms with van der Waals surface area (Å²) in [5, 5.41) is 0. The topological polar surface area (TPSA) is 26.0 Å². The maximum Gasteiger partial charge on any atom is 0.0336 e. The summed E-state index contributed by atoms with van der Waals surface area (Å²) in [6.07, 6.45) is 0.842. The van der Waals surface area contributed by atoms with Crippen LogP contribution in [-0.4, -0.2) is 0 Å². The van der Waals surface area contributed by atoms with Crippen molar-refractivity contribution >= 4 is 31.9 Å². The van der Waals surface area contributed by atoms with Gasteiger partial charge in [0.25, 0.3) is 0 Å². The summed E-state index contributed by atoms with van der Waals surface area (Å²) in [5.74, 6) is 0. The minimum absolute atomic E-state index is 0.0243. The first-order chi connectivity index (χ1) is 8.56. The molecule has 18 heavy (non-hydrogen) atoms. The van der Waals surface area contributed by atoms with Crippen molar-refractivity contribution in [1.82, 2.24) is 0 Å². The average molecular weight is 369 g/mol. The van der Waals surface area contributed by atoms with Gasteiger partial charge < -0.3 is 5.73 Å². The summed E-state index contributed by atoms with van der Waals surface area (Å²) < 4.78 is 2.21. The fourth-order valence-corrected chi connectivity index (χ4v) is 2.72. The van der Waals surface area contributed by atoms with E-state index in [1.807, 2.05) is 12.1 Å². The number of hydrogen-bond donors (Lipinski definition) is 1. The molecule has 0 spiro atoms. The zero-order valence-corrected chi connectivity index (χ0v) is 13.3. The molecule has 0 fully saturated rings. The zero-order chi connectivity index (χ0) is 13.1. The van der Waals surface area contributed by atoms with Gasteiger partial charge in [-0.05, 0) is 48.2 Å². The van der Waals surface area contributed by atoms with Crippen LogP contribution in [0.1, 0.15) is 22.7 Å². The van der Waals surface area contributed by atoms with Crippen LogP contribution in [0.15, 0.2) is 51.4 Å². The Hall–Kier alpha value is -0.640. The number of nitrogens with two attached hydrogens (primary N) is 1. The van der Waals surface area contributed by atoms with E-state index in [2.05, 4.69) is 69.1 Å². The third-order valence-corrected chi connectivity index (χ3v) is 4.32. The Morgan fingerprint density at radius 2 is 1.89 bits per heavy atom. The van der Waals surface area contributed by atoms with Gasteiger partial charge in [0.05, 0.1) is 0 Å². The van der Waals surface area contributed by atoms with E-state index in [9.17, 15) is 0 Å². The van der Waals surface area contributed by atoms with Crippen LogP contribution in [0.4, 0.5) is 0 Å². The van der Waals surface area contributed by atoms with Crippen LogP contribution in [0.2, 0.25) is 0 Å². The molecule has 0 radical (unpaired) electrons. The molecule has 0 saturated heterocycles.